The maximum Gasteiger partial charge on any atom is 0.310 e. The van der Waals surface area contributed by atoms with Crippen LogP contribution in [0.1, 0.15) is 24.0 Å². The van der Waals surface area contributed by atoms with Gasteiger partial charge in [0.15, 0.2) is 0 Å². The summed E-state index contributed by atoms with van der Waals surface area (Å²) in [5, 5.41) is 0. The van der Waals surface area contributed by atoms with E-state index in [1.807, 2.05) is 60.7 Å². The number of carbonyl (C=O) groups is 2. The lowest BCUT2D eigenvalue weighted by Crippen LogP contribution is -2.43. The standard InChI is InChI=1S/C23H25NO4/c1-27-20-12-10-17(11-13-20)15-21(18-7-4-3-5-8-18)22(25)24-14-6-9-19(16-24)23(26)28-2/h3-5,7-8,10-13,15,19H,6,9,14,16H2,1-2H3/b21-15+. The van der Waals surface area contributed by atoms with Crippen molar-refractivity contribution in [3.63, 3.8) is 0 Å². The summed E-state index contributed by atoms with van der Waals surface area (Å²) in [6.45, 7) is 1.03. The first-order valence-electron chi connectivity index (χ1n) is 9.40. The molecule has 0 aliphatic carbocycles. The third-order valence-corrected chi connectivity index (χ3v) is 4.99. The number of piperidine rings is 1. The highest BCUT2D eigenvalue weighted by Crippen LogP contribution is 2.25. The van der Waals surface area contributed by atoms with Gasteiger partial charge in [0.1, 0.15) is 5.75 Å². The molecular weight excluding hydrogens is 354 g/mol. The fourth-order valence-electron chi connectivity index (χ4n) is 3.44. The zero-order valence-corrected chi connectivity index (χ0v) is 16.3. The Hall–Kier alpha value is -3.08. The van der Waals surface area contributed by atoms with Crippen molar-refractivity contribution >= 4 is 23.5 Å². The molecule has 0 N–H and O–H groups in total. The summed E-state index contributed by atoms with van der Waals surface area (Å²) in [6, 6.07) is 17.2. The van der Waals surface area contributed by atoms with Crippen LogP contribution in [-0.4, -0.2) is 44.1 Å². The van der Waals surface area contributed by atoms with Crippen LogP contribution in [0, 0.1) is 5.92 Å². The monoisotopic (exact) mass is 379 g/mol. The van der Waals surface area contributed by atoms with Crippen LogP contribution >= 0.6 is 0 Å². The van der Waals surface area contributed by atoms with Gasteiger partial charge in [-0.05, 0) is 42.2 Å². The van der Waals surface area contributed by atoms with Crippen LogP contribution in [0.5, 0.6) is 5.75 Å². The van der Waals surface area contributed by atoms with E-state index in [9.17, 15) is 9.59 Å². The van der Waals surface area contributed by atoms with Crippen molar-refractivity contribution in [2.45, 2.75) is 12.8 Å². The molecule has 1 aliphatic rings. The van der Waals surface area contributed by atoms with E-state index in [2.05, 4.69) is 0 Å². The average Bonchev–Trinajstić information content (AvgIpc) is 2.77. The van der Waals surface area contributed by atoms with Crippen LogP contribution in [0.2, 0.25) is 0 Å². The first-order valence-corrected chi connectivity index (χ1v) is 9.40. The van der Waals surface area contributed by atoms with E-state index in [-0.39, 0.29) is 17.8 Å². The number of methoxy groups -OCH3 is 2. The van der Waals surface area contributed by atoms with Crippen molar-refractivity contribution in [3.8, 4) is 5.75 Å². The van der Waals surface area contributed by atoms with Crippen molar-refractivity contribution in [2.75, 3.05) is 27.3 Å². The molecular formula is C23H25NO4. The highest BCUT2D eigenvalue weighted by atomic mass is 16.5. The molecule has 0 aromatic heterocycles. The van der Waals surface area contributed by atoms with Crippen LogP contribution < -0.4 is 4.74 Å². The molecule has 2 aromatic carbocycles. The lowest BCUT2D eigenvalue weighted by Gasteiger charge is -2.32. The zero-order chi connectivity index (χ0) is 19.9. The van der Waals surface area contributed by atoms with Gasteiger partial charge in [0.25, 0.3) is 5.91 Å². The maximum atomic E-state index is 13.4. The summed E-state index contributed by atoms with van der Waals surface area (Å²) < 4.78 is 10.1. The molecule has 1 unspecified atom stereocenters. The molecule has 5 nitrogen and oxygen atoms in total. The van der Waals surface area contributed by atoms with E-state index in [1.165, 1.54) is 7.11 Å². The summed E-state index contributed by atoms with van der Waals surface area (Å²) in [5.41, 5.74) is 2.37. The minimum Gasteiger partial charge on any atom is -0.497 e. The van der Waals surface area contributed by atoms with Gasteiger partial charge in [-0.3, -0.25) is 9.59 Å². The number of amides is 1. The van der Waals surface area contributed by atoms with E-state index in [4.69, 9.17) is 9.47 Å². The first kappa shape index (κ1) is 19.7. The Labute approximate surface area is 165 Å². The summed E-state index contributed by atoms with van der Waals surface area (Å²) in [4.78, 5) is 27.1. The number of nitrogens with zero attached hydrogens (tertiary/aromatic N) is 1. The predicted molar refractivity (Wildman–Crippen MR) is 109 cm³/mol. The van der Waals surface area contributed by atoms with Gasteiger partial charge < -0.3 is 14.4 Å². The first-order chi connectivity index (χ1) is 13.6. The number of carbonyl (C=O) groups excluding carboxylic acids is 2. The van der Waals surface area contributed by atoms with Gasteiger partial charge in [0.2, 0.25) is 0 Å². The normalized spacial score (nSPS) is 17.1. The van der Waals surface area contributed by atoms with E-state index in [1.54, 1.807) is 12.0 Å². The number of likely N-dealkylation sites (tertiary alicyclic amines) is 1. The third kappa shape index (κ3) is 4.60. The Kier molecular flexibility index (Phi) is 6.48. The molecule has 2 aromatic rings. The Bertz CT molecular complexity index is 843. The summed E-state index contributed by atoms with van der Waals surface area (Å²) >= 11 is 0. The molecule has 0 spiro atoms. The Morgan fingerprint density at radius 2 is 1.75 bits per heavy atom. The highest BCUT2D eigenvalue weighted by Gasteiger charge is 2.30. The molecule has 1 atom stereocenters. The molecule has 1 aliphatic heterocycles. The molecule has 0 radical (unpaired) electrons. The maximum absolute atomic E-state index is 13.4. The summed E-state index contributed by atoms with van der Waals surface area (Å²) in [5.74, 6) is 0.177. The molecule has 1 heterocycles. The van der Waals surface area contributed by atoms with Crippen LogP contribution in [0.4, 0.5) is 0 Å². The van der Waals surface area contributed by atoms with Crippen LogP contribution in [0.15, 0.2) is 54.6 Å². The molecule has 1 fully saturated rings. The minimum absolute atomic E-state index is 0.0735. The molecule has 28 heavy (non-hydrogen) atoms. The topological polar surface area (TPSA) is 55.8 Å². The lowest BCUT2D eigenvalue weighted by molar-refractivity contribution is -0.148. The fraction of sp³-hybridized carbons (Fsp3) is 0.304. The predicted octanol–water partition coefficient (Wildman–Crippen LogP) is 3.65. The number of benzene rings is 2. The molecule has 5 heteroatoms. The van der Waals surface area contributed by atoms with Crippen LogP contribution in [0.3, 0.4) is 0 Å². The van der Waals surface area contributed by atoms with Crippen LogP contribution in [0.25, 0.3) is 11.6 Å². The van der Waals surface area contributed by atoms with Gasteiger partial charge in [0.05, 0.1) is 20.1 Å². The Morgan fingerprint density at radius 3 is 2.39 bits per heavy atom. The molecule has 0 saturated carbocycles. The molecule has 0 bridgehead atoms. The van der Waals surface area contributed by atoms with Gasteiger partial charge >= 0.3 is 5.97 Å². The van der Waals surface area contributed by atoms with Crippen molar-refractivity contribution in [1.82, 2.24) is 4.90 Å². The lowest BCUT2D eigenvalue weighted by atomic mass is 9.95. The van der Waals surface area contributed by atoms with Gasteiger partial charge in [-0.15, -0.1) is 0 Å². The molecule has 1 amide bonds. The number of hydrogen-bond donors (Lipinski definition) is 0. The SMILES string of the molecule is COC(=O)C1CCCN(C(=O)/C(=C/c2ccc(OC)cc2)c2ccccc2)C1. The summed E-state index contributed by atoms with van der Waals surface area (Å²) in [6.07, 6.45) is 3.42. The highest BCUT2D eigenvalue weighted by molar-refractivity contribution is 6.24. The van der Waals surface area contributed by atoms with Crippen molar-refractivity contribution < 1.29 is 19.1 Å². The van der Waals surface area contributed by atoms with E-state index in [0.29, 0.717) is 18.7 Å². The number of hydrogen-bond acceptors (Lipinski definition) is 4. The largest absolute Gasteiger partial charge is 0.497 e. The smallest absolute Gasteiger partial charge is 0.310 e. The second kappa shape index (κ2) is 9.22. The zero-order valence-electron chi connectivity index (χ0n) is 16.3. The van der Waals surface area contributed by atoms with Crippen molar-refractivity contribution in [3.05, 3.63) is 65.7 Å². The number of ether oxygens (including phenoxy) is 2. The number of rotatable bonds is 5. The van der Waals surface area contributed by atoms with Gasteiger partial charge in [0, 0.05) is 18.7 Å². The van der Waals surface area contributed by atoms with Crippen molar-refractivity contribution in [1.29, 1.82) is 0 Å². The van der Waals surface area contributed by atoms with E-state index in [0.717, 1.165) is 29.7 Å². The van der Waals surface area contributed by atoms with Gasteiger partial charge in [-0.25, -0.2) is 0 Å². The molecule has 3 rings (SSSR count). The van der Waals surface area contributed by atoms with Crippen LogP contribution in [-0.2, 0) is 14.3 Å². The van der Waals surface area contributed by atoms with E-state index >= 15 is 0 Å². The Morgan fingerprint density at radius 1 is 1.04 bits per heavy atom. The Balaban J connectivity index is 1.91. The van der Waals surface area contributed by atoms with E-state index < -0.39 is 0 Å². The minimum atomic E-state index is -0.263. The fourth-order valence-corrected chi connectivity index (χ4v) is 3.44. The third-order valence-electron chi connectivity index (χ3n) is 4.99. The quantitative estimate of drug-likeness (QED) is 0.452. The molecule has 1 saturated heterocycles. The summed E-state index contributed by atoms with van der Waals surface area (Å²) in [7, 11) is 3.01. The second-order valence-corrected chi connectivity index (χ2v) is 6.81. The van der Waals surface area contributed by atoms with Gasteiger partial charge in [-0.2, -0.15) is 0 Å². The van der Waals surface area contributed by atoms with Crippen molar-refractivity contribution in [2.24, 2.45) is 5.92 Å². The van der Waals surface area contributed by atoms with Gasteiger partial charge in [-0.1, -0.05) is 42.5 Å². The second-order valence-electron chi connectivity index (χ2n) is 6.81. The average molecular weight is 379 g/mol. The number of esters is 1. The molecule has 146 valence electrons.